The quantitative estimate of drug-likeness (QED) is 0.464. The van der Waals surface area contributed by atoms with E-state index in [1.54, 1.807) is 24.3 Å². The van der Waals surface area contributed by atoms with Crippen molar-refractivity contribution in [2.24, 2.45) is 5.73 Å². The van der Waals surface area contributed by atoms with Gasteiger partial charge in [-0.3, -0.25) is 14.7 Å². The predicted octanol–water partition coefficient (Wildman–Crippen LogP) is 3.96. The number of rotatable bonds is 5. The molecule has 4 N–H and O–H groups in total. The number of nitrogens with one attached hydrogen (secondary N) is 2. The largest absolute Gasteiger partial charge is 0.446 e. The maximum Gasteiger partial charge on any atom is 0.291 e. The number of furan rings is 1. The van der Waals surface area contributed by atoms with E-state index in [9.17, 15) is 18.4 Å². The Morgan fingerprint density at radius 2 is 1.77 bits per heavy atom. The molecule has 9 heteroatoms. The van der Waals surface area contributed by atoms with E-state index in [-0.39, 0.29) is 23.0 Å². The van der Waals surface area contributed by atoms with Crippen LogP contribution in [-0.4, -0.2) is 22.0 Å². The Kier molecular flexibility index (Phi) is 4.85. The summed E-state index contributed by atoms with van der Waals surface area (Å²) < 4.78 is 32.5. The van der Waals surface area contributed by atoms with Crippen molar-refractivity contribution in [2.45, 2.75) is 0 Å². The zero-order valence-electron chi connectivity index (χ0n) is 15.3. The highest BCUT2D eigenvalue weighted by atomic mass is 19.1. The SMILES string of the molecule is NC(=O)c1ccc(C(=O)Nc2cc3c(C=Cc4ccc(F)cc4)n[nH]c3cc2F)o1. The van der Waals surface area contributed by atoms with Gasteiger partial charge in [-0.05, 0) is 42.0 Å². The van der Waals surface area contributed by atoms with Gasteiger partial charge in [-0.25, -0.2) is 8.78 Å². The minimum Gasteiger partial charge on any atom is -0.446 e. The molecule has 2 heterocycles. The fourth-order valence-corrected chi connectivity index (χ4v) is 2.81. The molecule has 30 heavy (non-hydrogen) atoms. The number of carbonyl (C=O) groups is 2. The zero-order chi connectivity index (χ0) is 21.3. The molecule has 150 valence electrons. The van der Waals surface area contributed by atoms with Gasteiger partial charge in [0.05, 0.1) is 16.9 Å². The lowest BCUT2D eigenvalue weighted by Crippen LogP contribution is -2.13. The summed E-state index contributed by atoms with van der Waals surface area (Å²) in [5.41, 5.74) is 6.68. The maximum atomic E-state index is 14.4. The van der Waals surface area contributed by atoms with Crippen molar-refractivity contribution in [1.82, 2.24) is 10.2 Å². The number of fused-ring (bicyclic) bond motifs is 1. The zero-order valence-corrected chi connectivity index (χ0v) is 15.3. The Hall–Kier alpha value is -4.27. The molecule has 2 aromatic heterocycles. The number of nitrogens with zero attached hydrogens (tertiary/aromatic N) is 1. The van der Waals surface area contributed by atoms with Gasteiger partial charge in [0.15, 0.2) is 11.5 Å². The smallest absolute Gasteiger partial charge is 0.291 e. The Bertz CT molecular complexity index is 1290. The summed E-state index contributed by atoms with van der Waals surface area (Å²) >= 11 is 0. The predicted molar refractivity (Wildman–Crippen MR) is 107 cm³/mol. The number of amides is 2. The molecular formula is C21H14F2N4O3. The van der Waals surface area contributed by atoms with Gasteiger partial charge in [0.1, 0.15) is 11.6 Å². The third-order valence-corrected chi connectivity index (χ3v) is 4.30. The molecule has 4 aromatic rings. The number of aromatic nitrogens is 2. The summed E-state index contributed by atoms with van der Waals surface area (Å²) in [4.78, 5) is 23.4. The first kappa shape index (κ1) is 19.1. The molecule has 0 atom stereocenters. The summed E-state index contributed by atoms with van der Waals surface area (Å²) in [7, 11) is 0. The van der Waals surface area contributed by atoms with E-state index in [0.717, 1.165) is 5.56 Å². The molecule has 7 nitrogen and oxygen atoms in total. The van der Waals surface area contributed by atoms with Crippen LogP contribution in [0.4, 0.5) is 14.5 Å². The molecular weight excluding hydrogens is 394 g/mol. The van der Waals surface area contributed by atoms with E-state index in [0.29, 0.717) is 16.6 Å². The van der Waals surface area contributed by atoms with Crippen LogP contribution in [0.5, 0.6) is 0 Å². The average Bonchev–Trinajstić information content (AvgIpc) is 3.35. The van der Waals surface area contributed by atoms with Crippen LogP contribution in [0, 0.1) is 11.6 Å². The lowest BCUT2D eigenvalue weighted by atomic mass is 10.1. The van der Waals surface area contributed by atoms with Crippen molar-refractivity contribution in [3.63, 3.8) is 0 Å². The van der Waals surface area contributed by atoms with Crippen molar-refractivity contribution in [3.8, 4) is 0 Å². The number of halogens is 2. The van der Waals surface area contributed by atoms with Crippen molar-refractivity contribution in [2.75, 3.05) is 5.32 Å². The number of primary amides is 1. The molecule has 0 saturated heterocycles. The first-order valence-corrected chi connectivity index (χ1v) is 8.73. The van der Waals surface area contributed by atoms with Crippen LogP contribution in [0.15, 0.2) is 52.9 Å². The maximum absolute atomic E-state index is 14.4. The molecule has 2 amide bonds. The summed E-state index contributed by atoms with van der Waals surface area (Å²) in [5.74, 6) is -2.96. The highest BCUT2D eigenvalue weighted by Crippen LogP contribution is 2.26. The van der Waals surface area contributed by atoms with Crippen LogP contribution in [0.25, 0.3) is 23.1 Å². The summed E-state index contributed by atoms with van der Waals surface area (Å²) in [6.45, 7) is 0. The molecule has 0 bridgehead atoms. The highest BCUT2D eigenvalue weighted by molar-refractivity contribution is 6.04. The molecule has 0 unspecified atom stereocenters. The lowest BCUT2D eigenvalue weighted by molar-refractivity contribution is 0.0959. The third kappa shape index (κ3) is 3.81. The van der Waals surface area contributed by atoms with Crippen LogP contribution in [0.3, 0.4) is 0 Å². The van der Waals surface area contributed by atoms with Crippen LogP contribution < -0.4 is 11.1 Å². The minimum atomic E-state index is -0.822. The Morgan fingerprint density at radius 1 is 1.03 bits per heavy atom. The minimum absolute atomic E-state index is 0.0950. The number of benzene rings is 2. The standard InChI is InChI=1S/C21H14F2N4O3/c22-12-4-1-11(2-5-12)3-6-15-13-9-17(14(23)10-16(13)27-26-15)25-21(29)19-8-7-18(30-19)20(24)28/h1-10H,(H2,24,28)(H,25,29)(H,26,27). The first-order chi connectivity index (χ1) is 14.4. The monoisotopic (exact) mass is 408 g/mol. The topological polar surface area (TPSA) is 114 Å². The molecule has 0 radical (unpaired) electrons. The van der Waals surface area contributed by atoms with Gasteiger partial charge in [-0.15, -0.1) is 0 Å². The number of aromatic amines is 1. The number of nitrogens with two attached hydrogens (primary N) is 1. The van der Waals surface area contributed by atoms with Gasteiger partial charge in [0, 0.05) is 11.5 Å². The molecule has 0 fully saturated rings. The number of hydrogen-bond donors (Lipinski definition) is 3. The van der Waals surface area contributed by atoms with Crippen LogP contribution in [0.1, 0.15) is 32.4 Å². The van der Waals surface area contributed by atoms with Crippen molar-refractivity contribution >= 4 is 40.6 Å². The molecule has 0 spiro atoms. The number of anilines is 1. The van der Waals surface area contributed by atoms with Crippen LogP contribution in [-0.2, 0) is 0 Å². The second kappa shape index (κ2) is 7.63. The van der Waals surface area contributed by atoms with Gasteiger partial charge >= 0.3 is 0 Å². The number of H-pyrrole nitrogens is 1. The lowest BCUT2D eigenvalue weighted by Gasteiger charge is -2.05. The number of carbonyl (C=O) groups excluding carboxylic acids is 2. The fourth-order valence-electron chi connectivity index (χ4n) is 2.81. The molecule has 0 saturated carbocycles. The highest BCUT2D eigenvalue weighted by Gasteiger charge is 2.17. The van der Waals surface area contributed by atoms with Gasteiger partial charge in [-0.1, -0.05) is 18.2 Å². The molecule has 0 aliphatic heterocycles. The molecule has 0 aliphatic rings. The van der Waals surface area contributed by atoms with Gasteiger partial charge in [-0.2, -0.15) is 5.10 Å². The van der Waals surface area contributed by atoms with Crippen LogP contribution >= 0.6 is 0 Å². The van der Waals surface area contributed by atoms with E-state index in [1.807, 2.05) is 0 Å². The van der Waals surface area contributed by atoms with E-state index >= 15 is 0 Å². The summed E-state index contributed by atoms with van der Waals surface area (Å²) in [6.07, 6.45) is 3.41. The third-order valence-electron chi connectivity index (χ3n) is 4.30. The Morgan fingerprint density at radius 3 is 2.47 bits per heavy atom. The second-order valence-electron chi connectivity index (χ2n) is 6.35. The average molecular weight is 408 g/mol. The molecule has 2 aromatic carbocycles. The van der Waals surface area contributed by atoms with E-state index in [1.165, 1.54) is 36.4 Å². The van der Waals surface area contributed by atoms with Crippen LogP contribution in [0.2, 0.25) is 0 Å². The van der Waals surface area contributed by atoms with E-state index < -0.39 is 17.6 Å². The molecule has 4 rings (SSSR count). The van der Waals surface area contributed by atoms with Gasteiger partial charge in [0.2, 0.25) is 0 Å². The Labute approximate surface area is 168 Å². The van der Waals surface area contributed by atoms with Gasteiger partial charge in [0.25, 0.3) is 11.8 Å². The second-order valence-corrected chi connectivity index (χ2v) is 6.35. The first-order valence-electron chi connectivity index (χ1n) is 8.73. The van der Waals surface area contributed by atoms with Crippen molar-refractivity contribution in [1.29, 1.82) is 0 Å². The Balaban J connectivity index is 1.61. The summed E-state index contributed by atoms with van der Waals surface area (Å²) in [5, 5.41) is 9.81. The van der Waals surface area contributed by atoms with Gasteiger partial charge < -0.3 is 15.5 Å². The number of hydrogen-bond acceptors (Lipinski definition) is 4. The van der Waals surface area contributed by atoms with Crippen molar-refractivity contribution in [3.05, 3.63) is 82.9 Å². The van der Waals surface area contributed by atoms with E-state index in [4.69, 9.17) is 10.2 Å². The van der Waals surface area contributed by atoms with Crippen molar-refractivity contribution < 1.29 is 22.8 Å². The summed E-state index contributed by atoms with van der Waals surface area (Å²) in [6, 6.07) is 11.0. The molecule has 0 aliphatic carbocycles. The normalized spacial score (nSPS) is 11.3. The fraction of sp³-hybridized carbons (Fsp3) is 0. The van der Waals surface area contributed by atoms with E-state index in [2.05, 4.69) is 15.5 Å².